The molecule has 0 spiro atoms. The molecule has 0 fully saturated rings. The second-order valence-corrected chi connectivity index (χ2v) is 5.48. The second-order valence-electron chi connectivity index (χ2n) is 5.48. The average Bonchev–Trinajstić information content (AvgIpc) is 2.96. The Bertz CT molecular complexity index is 784. The van der Waals surface area contributed by atoms with Gasteiger partial charge in [0.2, 0.25) is 0 Å². The number of hydrogen-bond acceptors (Lipinski definition) is 5. The highest BCUT2D eigenvalue weighted by Gasteiger charge is 2.14. The number of aromatic nitrogens is 4. The van der Waals surface area contributed by atoms with E-state index in [1.54, 1.807) is 13.3 Å². The summed E-state index contributed by atoms with van der Waals surface area (Å²) in [5, 5.41) is 3.47. The van der Waals surface area contributed by atoms with E-state index in [9.17, 15) is 0 Å². The van der Waals surface area contributed by atoms with E-state index in [0.29, 0.717) is 6.61 Å². The quantitative estimate of drug-likeness (QED) is 0.758. The molecule has 1 atom stereocenters. The molecule has 0 bridgehead atoms. The van der Waals surface area contributed by atoms with E-state index in [-0.39, 0.29) is 6.04 Å². The molecule has 120 valence electrons. The van der Waals surface area contributed by atoms with Crippen LogP contribution < -0.4 is 5.32 Å². The van der Waals surface area contributed by atoms with Crippen LogP contribution in [-0.2, 0) is 11.3 Å². The van der Waals surface area contributed by atoms with Crippen molar-refractivity contribution in [2.45, 2.75) is 26.4 Å². The van der Waals surface area contributed by atoms with Gasteiger partial charge in [0.1, 0.15) is 11.3 Å². The van der Waals surface area contributed by atoms with Crippen molar-refractivity contribution in [3.63, 3.8) is 0 Å². The Kier molecular flexibility index (Phi) is 4.52. The van der Waals surface area contributed by atoms with Crippen molar-refractivity contribution in [1.82, 2.24) is 19.5 Å². The van der Waals surface area contributed by atoms with Gasteiger partial charge in [0.05, 0.1) is 23.9 Å². The molecule has 3 aromatic heterocycles. The third-order valence-electron chi connectivity index (χ3n) is 3.74. The van der Waals surface area contributed by atoms with Gasteiger partial charge in [-0.05, 0) is 32.0 Å². The lowest BCUT2D eigenvalue weighted by atomic mass is 10.2. The van der Waals surface area contributed by atoms with Gasteiger partial charge in [0.15, 0.2) is 5.82 Å². The summed E-state index contributed by atoms with van der Waals surface area (Å²) in [6, 6.07) is 7.98. The predicted molar refractivity (Wildman–Crippen MR) is 90.4 cm³/mol. The fourth-order valence-corrected chi connectivity index (χ4v) is 2.61. The third kappa shape index (κ3) is 3.32. The van der Waals surface area contributed by atoms with E-state index in [2.05, 4.69) is 31.8 Å². The van der Waals surface area contributed by atoms with Crippen molar-refractivity contribution in [2.24, 2.45) is 0 Å². The monoisotopic (exact) mass is 311 g/mol. The first-order valence-electron chi connectivity index (χ1n) is 7.69. The fraction of sp³-hybridized carbons (Fsp3) is 0.353. The molecule has 0 amide bonds. The van der Waals surface area contributed by atoms with Crippen LogP contribution in [0.25, 0.3) is 11.0 Å². The minimum Gasteiger partial charge on any atom is -0.383 e. The number of nitrogens with one attached hydrogen (secondary N) is 1. The fourth-order valence-electron chi connectivity index (χ4n) is 2.61. The molecule has 3 rings (SSSR count). The van der Waals surface area contributed by atoms with Crippen LogP contribution >= 0.6 is 0 Å². The second kappa shape index (κ2) is 6.75. The van der Waals surface area contributed by atoms with Gasteiger partial charge in [-0.15, -0.1) is 0 Å². The normalized spacial score (nSPS) is 12.5. The van der Waals surface area contributed by atoms with Crippen LogP contribution in [0.5, 0.6) is 0 Å². The lowest BCUT2D eigenvalue weighted by Gasteiger charge is -2.16. The summed E-state index contributed by atoms with van der Waals surface area (Å²) in [5.74, 6) is 1.57. The lowest BCUT2D eigenvalue weighted by molar-refractivity contribution is 0.188. The van der Waals surface area contributed by atoms with Crippen LogP contribution in [0.2, 0.25) is 0 Å². The molecule has 3 aromatic rings. The Morgan fingerprint density at radius 2 is 2.13 bits per heavy atom. The van der Waals surface area contributed by atoms with E-state index < -0.39 is 0 Å². The van der Waals surface area contributed by atoms with Gasteiger partial charge in [0.25, 0.3) is 0 Å². The van der Waals surface area contributed by atoms with Gasteiger partial charge in [-0.2, -0.15) is 0 Å². The Balaban J connectivity index is 1.96. The summed E-state index contributed by atoms with van der Waals surface area (Å²) < 4.78 is 7.30. The van der Waals surface area contributed by atoms with E-state index >= 15 is 0 Å². The molecule has 23 heavy (non-hydrogen) atoms. The van der Waals surface area contributed by atoms with E-state index in [4.69, 9.17) is 4.74 Å². The molecule has 0 saturated carbocycles. The highest BCUT2D eigenvalue weighted by Crippen LogP contribution is 2.25. The minimum absolute atomic E-state index is 0.0551. The number of aryl methyl sites for hydroxylation is 1. The van der Waals surface area contributed by atoms with Crippen molar-refractivity contribution < 1.29 is 4.74 Å². The molecule has 3 heterocycles. The first kappa shape index (κ1) is 15.4. The van der Waals surface area contributed by atoms with Gasteiger partial charge in [0, 0.05) is 26.0 Å². The van der Waals surface area contributed by atoms with Gasteiger partial charge < -0.3 is 14.6 Å². The smallest absolute Gasteiger partial charge is 0.154 e. The predicted octanol–water partition coefficient (Wildman–Crippen LogP) is 2.95. The van der Waals surface area contributed by atoms with Gasteiger partial charge in [-0.3, -0.25) is 4.98 Å². The molecule has 0 radical (unpaired) electrons. The number of ether oxygens (including phenoxy) is 1. The van der Waals surface area contributed by atoms with Crippen molar-refractivity contribution in [2.75, 3.05) is 19.0 Å². The molecule has 6 heteroatoms. The van der Waals surface area contributed by atoms with Gasteiger partial charge >= 0.3 is 0 Å². The zero-order chi connectivity index (χ0) is 16.2. The number of hydrogen-bond donors (Lipinski definition) is 1. The highest BCUT2D eigenvalue weighted by molar-refractivity contribution is 5.86. The summed E-state index contributed by atoms with van der Waals surface area (Å²) in [5.41, 5.74) is 2.91. The van der Waals surface area contributed by atoms with Crippen molar-refractivity contribution in [3.8, 4) is 0 Å². The minimum atomic E-state index is 0.0551. The Hall–Kier alpha value is -2.47. The molecule has 0 aliphatic rings. The number of fused-ring (bicyclic) bond motifs is 1. The summed E-state index contributed by atoms with van der Waals surface area (Å²) >= 11 is 0. The number of pyridine rings is 1. The SMILES string of the molecule is COCCn1ccc2nc(C)nc(N[C@@H](C)c3ccccn3)c21. The number of rotatable bonds is 6. The van der Waals surface area contributed by atoms with Crippen LogP contribution in [0.4, 0.5) is 5.82 Å². The molecule has 6 nitrogen and oxygen atoms in total. The summed E-state index contributed by atoms with van der Waals surface area (Å²) in [7, 11) is 1.70. The Labute approximate surface area is 135 Å². The largest absolute Gasteiger partial charge is 0.383 e. The Morgan fingerprint density at radius 1 is 1.26 bits per heavy atom. The molecule has 0 saturated heterocycles. The summed E-state index contributed by atoms with van der Waals surface area (Å²) in [6.07, 6.45) is 3.82. The molecule has 0 unspecified atom stereocenters. The topological polar surface area (TPSA) is 64.9 Å². The van der Waals surface area contributed by atoms with Gasteiger partial charge in [-0.1, -0.05) is 6.07 Å². The highest BCUT2D eigenvalue weighted by atomic mass is 16.5. The van der Waals surface area contributed by atoms with Crippen molar-refractivity contribution in [3.05, 3.63) is 48.2 Å². The van der Waals surface area contributed by atoms with Crippen LogP contribution in [0.3, 0.4) is 0 Å². The maximum absolute atomic E-state index is 5.19. The maximum Gasteiger partial charge on any atom is 0.154 e. The molecule has 0 aliphatic carbocycles. The van der Waals surface area contributed by atoms with Crippen LogP contribution in [0.1, 0.15) is 24.5 Å². The van der Waals surface area contributed by atoms with E-state index in [1.165, 1.54) is 0 Å². The molecule has 0 aliphatic heterocycles. The lowest BCUT2D eigenvalue weighted by Crippen LogP contribution is -2.12. The molecular formula is C17H21N5O. The standard InChI is InChI=1S/C17H21N5O/c1-12(14-6-4-5-8-18-14)19-17-16-15(20-13(2)21-17)7-9-22(16)10-11-23-3/h4-9,12H,10-11H2,1-3H3,(H,19,20,21)/t12-/m0/s1. The number of nitrogens with zero attached hydrogens (tertiary/aromatic N) is 4. The van der Waals surface area contributed by atoms with Crippen molar-refractivity contribution in [1.29, 1.82) is 0 Å². The number of anilines is 1. The third-order valence-corrected chi connectivity index (χ3v) is 3.74. The van der Waals surface area contributed by atoms with Crippen molar-refractivity contribution >= 4 is 16.9 Å². The Morgan fingerprint density at radius 3 is 2.87 bits per heavy atom. The average molecular weight is 311 g/mol. The van der Waals surface area contributed by atoms with Gasteiger partial charge in [-0.25, -0.2) is 9.97 Å². The summed E-state index contributed by atoms with van der Waals surface area (Å²) in [4.78, 5) is 13.5. The first-order valence-corrected chi connectivity index (χ1v) is 7.69. The van der Waals surface area contributed by atoms with Crippen LogP contribution in [0.15, 0.2) is 36.7 Å². The summed E-state index contributed by atoms with van der Waals surface area (Å²) in [6.45, 7) is 5.39. The van der Waals surface area contributed by atoms with Crippen LogP contribution in [0, 0.1) is 6.92 Å². The zero-order valence-electron chi connectivity index (χ0n) is 13.7. The van der Waals surface area contributed by atoms with E-state index in [0.717, 1.165) is 34.9 Å². The molecule has 0 aromatic carbocycles. The van der Waals surface area contributed by atoms with Crippen LogP contribution in [-0.4, -0.2) is 33.2 Å². The maximum atomic E-state index is 5.19. The number of methoxy groups -OCH3 is 1. The van der Waals surface area contributed by atoms with E-state index in [1.807, 2.05) is 37.4 Å². The molecule has 1 N–H and O–H groups in total. The first-order chi connectivity index (χ1) is 11.2. The molecular weight excluding hydrogens is 290 g/mol. The zero-order valence-corrected chi connectivity index (χ0v) is 13.7.